The molecule has 13 heavy (non-hydrogen) atoms. The Hall–Kier alpha value is -0.570. The van der Waals surface area contributed by atoms with Gasteiger partial charge in [-0.25, -0.2) is 0 Å². The highest BCUT2D eigenvalue weighted by atomic mass is 16.4. The summed E-state index contributed by atoms with van der Waals surface area (Å²) >= 11 is 0. The Bertz CT molecular complexity index is 225. The molecule has 3 nitrogen and oxygen atoms in total. The number of carboxylic acid groups (broad SMARTS) is 1. The molecule has 1 aliphatic rings. The molecule has 0 amide bonds. The van der Waals surface area contributed by atoms with Crippen LogP contribution in [0.25, 0.3) is 0 Å². The average Bonchev–Trinajstić information content (AvgIpc) is 2.59. The van der Waals surface area contributed by atoms with Crippen molar-refractivity contribution in [1.29, 1.82) is 0 Å². The van der Waals surface area contributed by atoms with Gasteiger partial charge in [0.15, 0.2) is 0 Å². The van der Waals surface area contributed by atoms with Crippen LogP contribution in [0.15, 0.2) is 0 Å². The Morgan fingerprint density at radius 3 is 2.38 bits per heavy atom. The van der Waals surface area contributed by atoms with Crippen molar-refractivity contribution in [3.63, 3.8) is 0 Å². The summed E-state index contributed by atoms with van der Waals surface area (Å²) < 4.78 is 0. The minimum Gasteiger partial charge on any atom is -0.481 e. The summed E-state index contributed by atoms with van der Waals surface area (Å²) in [5.74, 6) is -0.409. The lowest BCUT2D eigenvalue weighted by molar-refractivity contribution is -0.138. The highest BCUT2D eigenvalue weighted by Crippen LogP contribution is 2.58. The van der Waals surface area contributed by atoms with Gasteiger partial charge < -0.3 is 10.8 Å². The highest BCUT2D eigenvalue weighted by Gasteiger charge is 2.56. The van der Waals surface area contributed by atoms with E-state index in [2.05, 4.69) is 13.8 Å². The van der Waals surface area contributed by atoms with Crippen LogP contribution in [0.4, 0.5) is 0 Å². The fourth-order valence-corrected chi connectivity index (χ4v) is 2.22. The first-order chi connectivity index (χ1) is 5.82. The van der Waals surface area contributed by atoms with Crippen molar-refractivity contribution < 1.29 is 9.90 Å². The maximum absolute atomic E-state index is 10.6. The molecule has 1 aliphatic carbocycles. The lowest BCUT2D eigenvalue weighted by Gasteiger charge is -2.28. The van der Waals surface area contributed by atoms with E-state index in [1.54, 1.807) is 0 Å². The number of rotatable bonds is 4. The van der Waals surface area contributed by atoms with E-state index in [-0.39, 0.29) is 11.8 Å². The maximum atomic E-state index is 10.6. The minimum absolute atomic E-state index is 0.0948. The molecule has 3 N–H and O–H groups in total. The zero-order valence-electron chi connectivity index (χ0n) is 8.63. The molecule has 0 aromatic carbocycles. The van der Waals surface area contributed by atoms with Gasteiger partial charge in [-0.3, -0.25) is 4.79 Å². The third kappa shape index (κ3) is 2.02. The average molecular weight is 185 g/mol. The maximum Gasteiger partial charge on any atom is 0.305 e. The number of aliphatic carboxylic acids is 1. The number of carboxylic acids is 1. The second kappa shape index (κ2) is 2.98. The Balaban J connectivity index is 2.66. The Morgan fingerprint density at radius 1 is 1.69 bits per heavy atom. The summed E-state index contributed by atoms with van der Waals surface area (Å²) in [5, 5.41) is 8.75. The molecule has 2 unspecified atom stereocenters. The summed E-state index contributed by atoms with van der Waals surface area (Å²) in [6.45, 7) is 6.27. The van der Waals surface area contributed by atoms with Gasteiger partial charge in [-0.15, -0.1) is 0 Å². The van der Waals surface area contributed by atoms with Crippen LogP contribution in [-0.2, 0) is 4.79 Å². The van der Waals surface area contributed by atoms with E-state index < -0.39 is 11.5 Å². The van der Waals surface area contributed by atoms with E-state index >= 15 is 0 Å². The van der Waals surface area contributed by atoms with E-state index in [9.17, 15) is 4.79 Å². The van der Waals surface area contributed by atoms with Crippen molar-refractivity contribution >= 4 is 5.97 Å². The molecule has 2 atom stereocenters. The quantitative estimate of drug-likeness (QED) is 0.699. The zero-order chi connectivity index (χ0) is 10.3. The molecule has 0 heterocycles. The fourth-order valence-electron chi connectivity index (χ4n) is 2.22. The molecule has 0 bridgehead atoms. The van der Waals surface area contributed by atoms with Gasteiger partial charge in [-0.05, 0) is 24.2 Å². The third-order valence-corrected chi connectivity index (χ3v) is 3.35. The van der Waals surface area contributed by atoms with Crippen LogP contribution in [0.5, 0.6) is 0 Å². The van der Waals surface area contributed by atoms with Crippen LogP contribution in [0.1, 0.15) is 40.0 Å². The molecule has 1 fully saturated rings. The molecule has 0 spiro atoms. The molecule has 1 saturated carbocycles. The van der Waals surface area contributed by atoms with Crippen molar-refractivity contribution in [1.82, 2.24) is 0 Å². The molecule has 3 heteroatoms. The van der Waals surface area contributed by atoms with Gasteiger partial charge in [-0.1, -0.05) is 20.8 Å². The van der Waals surface area contributed by atoms with Crippen molar-refractivity contribution in [2.24, 2.45) is 17.1 Å². The van der Waals surface area contributed by atoms with Crippen molar-refractivity contribution in [3.05, 3.63) is 0 Å². The zero-order valence-corrected chi connectivity index (χ0v) is 8.63. The van der Waals surface area contributed by atoms with Gasteiger partial charge >= 0.3 is 5.97 Å². The minimum atomic E-state index is -0.785. The lowest BCUT2D eigenvalue weighted by Crippen LogP contribution is -2.44. The molecular weight excluding hydrogens is 166 g/mol. The van der Waals surface area contributed by atoms with Crippen LogP contribution in [0.3, 0.4) is 0 Å². The van der Waals surface area contributed by atoms with E-state index in [0.29, 0.717) is 5.92 Å². The van der Waals surface area contributed by atoms with Gasteiger partial charge in [0.05, 0.1) is 6.42 Å². The van der Waals surface area contributed by atoms with Crippen LogP contribution in [0.2, 0.25) is 0 Å². The number of hydrogen-bond donors (Lipinski definition) is 2. The van der Waals surface area contributed by atoms with E-state index in [1.807, 2.05) is 6.92 Å². The normalized spacial score (nSPS) is 29.4. The summed E-state index contributed by atoms with van der Waals surface area (Å²) in [4.78, 5) is 10.6. The second-order valence-corrected chi connectivity index (χ2v) is 4.90. The SMILES string of the molecule is CCC(N)(CC(=O)O)C1CC1(C)C. The topological polar surface area (TPSA) is 63.3 Å². The smallest absolute Gasteiger partial charge is 0.305 e. The van der Waals surface area contributed by atoms with E-state index in [1.165, 1.54) is 0 Å². The molecule has 0 saturated heterocycles. The number of hydrogen-bond acceptors (Lipinski definition) is 2. The van der Waals surface area contributed by atoms with E-state index in [4.69, 9.17) is 10.8 Å². The van der Waals surface area contributed by atoms with Crippen molar-refractivity contribution in [2.75, 3.05) is 0 Å². The fraction of sp³-hybridized carbons (Fsp3) is 0.900. The summed E-state index contributed by atoms with van der Waals surface area (Å²) in [6, 6.07) is 0. The standard InChI is InChI=1S/C10H19NO2/c1-4-10(11,6-8(12)13)7-5-9(7,2)3/h7H,4-6,11H2,1-3H3,(H,12,13). The molecule has 0 radical (unpaired) electrons. The Labute approximate surface area is 79.3 Å². The second-order valence-electron chi connectivity index (χ2n) is 4.90. The predicted octanol–water partition coefficient (Wildman–Crippen LogP) is 1.61. The third-order valence-electron chi connectivity index (χ3n) is 3.35. The van der Waals surface area contributed by atoms with Crippen molar-refractivity contribution in [2.45, 2.75) is 45.6 Å². The molecular formula is C10H19NO2. The van der Waals surface area contributed by atoms with E-state index in [0.717, 1.165) is 12.8 Å². The predicted molar refractivity (Wildman–Crippen MR) is 51.4 cm³/mol. The first-order valence-electron chi connectivity index (χ1n) is 4.82. The molecule has 0 aliphatic heterocycles. The molecule has 0 aromatic rings. The number of nitrogens with two attached hydrogens (primary N) is 1. The first-order valence-corrected chi connectivity index (χ1v) is 4.82. The van der Waals surface area contributed by atoms with Crippen LogP contribution in [0, 0.1) is 11.3 Å². The number of carbonyl (C=O) groups is 1. The van der Waals surface area contributed by atoms with Gasteiger partial charge in [0.1, 0.15) is 0 Å². The van der Waals surface area contributed by atoms with Crippen molar-refractivity contribution in [3.8, 4) is 0 Å². The molecule has 0 aromatic heterocycles. The van der Waals surface area contributed by atoms with Gasteiger partial charge in [0, 0.05) is 5.54 Å². The summed E-state index contributed by atoms with van der Waals surface area (Å²) in [5.41, 5.74) is 5.86. The van der Waals surface area contributed by atoms with Crippen LogP contribution < -0.4 is 5.73 Å². The largest absolute Gasteiger partial charge is 0.481 e. The van der Waals surface area contributed by atoms with Crippen LogP contribution >= 0.6 is 0 Å². The first kappa shape index (κ1) is 10.5. The Kier molecular flexibility index (Phi) is 2.41. The molecule has 76 valence electrons. The monoisotopic (exact) mass is 185 g/mol. The summed E-state index contributed by atoms with van der Waals surface area (Å²) in [6.07, 6.45) is 1.90. The Morgan fingerprint density at radius 2 is 2.15 bits per heavy atom. The lowest BCUT2D eigenvalue weighted by atomic mass is 9.84. The highest BCUT2D eigenvalue weighted by molar-refractivity contribution is 5.68. The van der Waals surface area contributed by atoms with Crippen LogP contribution in [-0.4, -0.2) is 16.6 Å². The molecule has 1 rings (SSSR count). The summed E-state index contributed by atoms with van der Waals surface area (Å²) in [7, 11) is 0. The van der Waals surface area contributed by atoms with Gasteiger partial charge in [-0.2, -0.15) is 0 Å². The van der Waals surface area contributed by atoms with Gasteiger partial charge in [0.2, 0.25) is 0 Å². The van der Waals surface area contributed by atoms with Gasteiger partial charge in [0.25, 0.3) is 0 Å².